The first-order valence-electron chi connectivity index (χ1n) is 11.5. The SMILES string of the molecule is CC(=O)Oc1ccccc1C(=O)O.CC(=O)Oc1ccccc1C(=O)O.CC(=O)Oc1ccccc1C(=O)O.O.O.O.O=C(O)O.[AlH3].[AlH3].[CaH2].[MgH2]. The fourth-order valence-electron chi connectivity index (χ4n) is 2.66. The minimum Gasteiger partial charge on any atom is 0.316 e. The van der Waals surface area contributed by atoms with Crippen LogP contribution in [0.1, 0.15) is 51.8 Å². The molecule has 0 atom stereocenters. The van der Waals surface area contributed by atoms with E-state index < -0.39 is 42.0 Å². The summed E-state index contributed by atoms with van der Waals surface area (Å²) in [5, 5.41) is 40.0. The van der Waals surface area contributed by atoms with Gasteiger partial charge in [-0.15, -0.1) is 0 Å². The Morgan fingerprint density at radius 1 is 0.440 bits per heavy atom. The Labute approximate surface area is 351 Å². The van der Waals surface area contributed by atoms with Crippen LogP contribution in [0, 0.1) is 0 Å². The van der Waals surface area contributed by atoms with Crippen molar-refractivity contribution < 1.29 is 89.7 Å². The molecule has 18 nitrogen and oxygen atoms in total. The molecule has 0 saturated heterocycles. The fraction of sp³-hybridized carbons (Fsp3) is 0.107. The van der Waals surface area contributed by atoms with E-state index in [-0.39, 0.29) is 146 Å². The first-order chi connectivity index (χ1) is 20.1. The molecule has 0 aromatic heterocycles. The maximum absolute atomic E-state index is 10.6. The predicted octanol–water partition coefficient (Wildman–Crippen LogP) is -2.52. The molecule has 3 aromatic carbocycles. The largest absolute Gasteiger partial charge is 0.316 e. The molecule has 0 bridgehead atoms. The smallest absolute Gasteiger partial charge is 0.316 e. The van der Waals surface area contributed by atoms with Crippen LogP contribution in [0.15, 0.2) is 72.8 Å². The molecule has 0 spiro atoms. The summed E-state index contributed by atoms with van der Waals surface area (Å²) in [5.41, 5.74) is -0.0481. The number of aromatic carboxylic acids is 3. The van der Waals surface area contributed by atoms with Crippen molar-refractivity contribution >= 4 is 137 Å². The van der Waals surface area contributed by atoms with Crippen molar-refractivity contribution in [2.24, 2.45) is 0 Å². The summed E-state index contributed by atoms with van der Waals surface area (Å²) in [6.45, 7) is 3.66. The van der Waals surface area contributed by atoms with Gasteiger partial charge in [0.15, 0.2) is 34.7 Å². The van der Waals surface area contributed by atoms with Gasteiger partial charge in [-0.2, -0.15) is 0 Å². The zero-order chi connectivity index (χ0) is 33.1. The molecule has 0 unspecified atom stereocenters. The van der Waals surface area contributed by atoms with Crippen LogP contribution in [-0.4, -0.2) is 179 Å². The summed E-state index contributed by atoms with van der Waals surface area (Å²) in [5.74, 6) is -4.73. The average Bonchev–Trinajstić information content (AvgIpc) is 2.89. The van der Waals surface area contributed by atoms with Crippen LogP contribution in [0.3, 0.4) is 0 Å². The zero-order valence-corrected chi connectivity index (χ0v) is 24.2. The van der Waals surface area contributed by atoms with E-state index in [1.807, 2.05) is 0 Å². The van der Waals surface area contributed by atoms with Gasteiger partial charge in [0.25, 0.3) is 0 Å². The molecule has 3 rings (SSSR count). The minimum atomic E-state index is -1.83. The number of para-hydroxylation sites is 3. The van der Waals surface area contributed by atoms with Crippen LogP contribution in [0.4, 0.5) is 4.79 Å². The van der Waals surface area contributed by atoms with Crippen molar-refractivity contribution in [1.82, 2.24) is 0 Å². The van der Waals surface area contributed by atoms with Gasteiger partial charge in [-0.05, 0) is 36.4 Å². The molecule has 0 aliphatic rings. The van der Waals surface area contributed by atoms with Crippen LogP contribution >= 0.6 is 0 Å². The Morgan fingerprint density at radius 2 is 0.600 bits per heavy atom. The Morgan fingerprint density at radius 3 is 0.740 bits per heavy atom. The van der Waals surface area contributed by atoms with Gasteiger partial charge < -0.3 is 56.2 Å². The van der Waals surface area contributed by atoms with Gasteiger partial charge in [0.05, 0.1) is 0 Å². The standard InChI is InChI=1S/3C9H8O4.CH2O3.2Al.Ca.Mg.3H2O.10H/c3*1-6(10)13-8-5-3-2-4-7(8)9(11)12;2-1(3)4;;;;;;;;;;;;;;;;;/h3*2-5H,1H3,(H,11,12);(H2,2,3,4);;;;;3*1H2;;;;;;;;;;. The van der Waals surface area contributed by atoms with Crippen molar-refractivity contribution in [2.45, 2.75) is 20.8 Å². The molecule has 0 heterocycles. The third-order valence-electron chi connectivity index (χ3n) is 4.11. The van der Waals surface area contributed by atoms with Gasteiger partial charge in [0.1, 0.15) is 33.9 Å². The number of carbonyl (C=O) groups is 7. The molecule has 0 aliphatic carbocycles. The maximum Gasteiger partial charge on any atom is 0.316 e. The number of hydrogen-bond acceptors (Lipinski definition) is 10. The monoisotopic (exact) mass is 784 g/mol. The van der Waals surface area contributed by atoms with Gasteiger partial charge in [-0.25, -0.2) is 19.2 Å². The molecular formula is C28H42Al2CaMgO18. The van der Waals surface area contributed by atoms with E-state index in [1.54, 1.807) is 36.4 Å². The molecule has 0 aliphatic heterocycles. The second kappa shape index (κ2) is 35.5. The van der Waals surface area contributed by atoms with E-state index in [1.165, 1.54) is 57.2 Å². The average molecular weight is 785 g/mol. The van der Waals surface area contributed by atoms with Crippen LogP contribution in [0.2, 0.25) is 0 Å². The van der Waals surface area contributed by atoms with Crippen LogP contribution in [0.25, 0.3) is 0 Å². The van der Waals surface area contributed by atoms with Gasteiger partial charge >= 0.3 is 103 Å². The summed E-state index contributed by atoms with van der Waals surface area (Å²) < 4.78 is 14.1. The first kappa shape index (κ1) is 65.1. The molecule has 0 fully saturated rings. The normalized spacial score (nSPS) is 7.74. The third kappa shape index (κ3) is 29.6. The number of benzene rings is 3. The van der Waals surface area contributed by atoms with Crippen molar-refractivity contribution in [3.05, 3.63) is 89.5 Å². The number of ether oxygens (including phenoxy) is 3. The van der Waals surface area contributed by atoms with E-state index in [0.717, 1.165) is 0 Å². The summed E-state index contributed by atoms with van der Waals surface area (Å²) >= 11 is 0. The number of esters is 3. The van der Waals surface area contributed by atoms with Crippen molar-refractivity contribution in [1.29, 1.82) is 0 Å². The van der Waals surface area contributed by atoms with Crippen LogP contribution in [0.5, 0.6) is 17.2 Å². The zero-order valence-electron chi connectivity index (χ0n) is 24.2. The summed E-state index contributed by atoms with van der Waals surface area (Å²) in [7, 11) is 0. The van der Waals surface area contributed by atoms with E-state index in [0.29, 0.717) is 0 Å². The molecule has 22 heteroatoms. The molecule has 11 N–H and O–H groups in total. The van der Waals surface area contributed by atoms with E-state index in [9.17, 15) is 28.8 Å². The van der Waals surface area contributed by atoms with Crippen molar-refractivity contribution in [3.8, 4) is 17.2 Å². The molecule has 0 amide bonds. The van der Waals surface area contributed by atoms with Gasteiger partial charge in [0, 0.05) is 20.8 Å². The van der Waals surface area contributed by atoms with Crippen LogP contribution < -0.4 is 14.2 Å². The van der Waals surface area contributed by atoms with E-state index in [2.05, 4.69) is 14.2 Å². The number of hydrogen-bond donors (Lipinski definition) is 5. The summed E-state index contributed by atoms with van der Waals surface area (Å²) in [4.78, 5) is 72.1. The number of rotatable bonds is 6. The van der Waals surface area contributed by atoms with E-state index >= 15 is 0 Å². The third-order valence-corrected chi connectivity index (χ3v) is 4.11. The molecule has 0 saturated carbocycles. The molecule has 272 valence electrons. The van der Waals surface area contributed by atoms with Crippen molar-refractivity contribution in [2.75, 3.05) is 0 Å². The summed E-state index contributed by atoms with van der Waals surface area (Å²) in [6.07, 6.45) is -1.83. The van der Waals surface area contributed by atoms with Crippen molar-refractivity contribution in [3.63, 3.8) is 0 Å². The summed E-state index contributed by atoms with van der Waals surface area (Å²) in [6, 6.07) is 17.9. The Balaban J connectivity index is -0.0000000783. The minimum absolute atomic E-state index is 0. The second-order valence-electron chi connectivity index (χ2n) is 7.47. The first-order valence-corrected chi connectivity index (χ1v) is 11.5. The maximum atomic E-state index is 10.6. The Kier molecular flexibility index (Phi) is 46.3. The van der Waals surface area contributed by atoms with Crippen LogP contribution in [-0.2, 0) is 14.4 Å². The number of carbonyl (C=O) groups excluding carboxylic acids is 3. The fourth-order valence-corrected chi connectivity index (χ4v) is 2.66. The number of carboxylic acids is 3. The number of carboxylic acid groups (broad SMARTS) is 5. The molecule has 50 heavy (non-hydrogen) atoms. The molecular weight excluding hydrogens is 743 g/mol. The Bertz CT molecular complexity index is 1320. The predicted molar refractivity (Wildman–Crippen MR) is 193 cm³/mol. The van der Waals surface area contributed by atoms with Gasteiger partial charge in [-0.1, -0.05) is 36.4 Å². The van der Waals surface area contributed by atoms with Gasteiger partial charge in [-0.3, -0.25) is 14.4 Å². The molecule has 0 radical (unpaired) electrons. The Hall–Kier alpha value is -3.28. The topological polar surface area (TPSA) is 343 Å². The van der Waals surface area contributed by atoms with E-state index in [4.69, 9.17) is 30.3 Å². The second-order valence-corrected chi connectivity index (χ2v) is 7.47. The quantitative estimate of drug-likeness (QED) is 0.0978. The molecule has 3 aromatic rings. The van der Waals surface area contributed by atoms with Gasteiger partial charge in [0.2, 0.25) is 0 Å².